The second-order valence-electron chi connectivity index (χ2n) is 4.93. The Balaban J connectivity index is 1.96. The Morgan fingerprint density at radius 1 is 1.47 bits per heavy atom. The first-order chi connectivity index (χ1) is 8.08. The molecule has 0 N–H and O–H groups in total. The Kier molecular flexibility index (Phi) is 2.51. The van der Waals surface area contributed by atoms with E-state index in [-0.39, 0.29) is 17.5 Å². The van der Waals surface area contributed by atoms with Crippen LogP contribution in [0.25, 0.3) is 0 Å². The molecule has 1 amide bonds. The van der Waals surface area contributed by atoms with Gasteiger partial charge in [-0.2, -0.15) is 0 Å². The van der Waals surface area contributed by atoms with E-state index in [2.05, 4.69) is 22.9 Å². The van der Waals surface area contributed by atoms with Gasteiger partial charge in [-0.3, -0.25) is 4.79 Å². The van der Waals surface area contributed by atoms with Gasteiger partial charge in [0.05, 0.1) is 5.56 Å². The van der Waals surface area contributed by atoms with Crippen LogP contribution in [-0.2, 0) is 6.54 Å². The zero-order valence-corrected chi connectivity index (χ0v) is 11.1. The molecule has 0 radical (unpaired) electrons. The number of hydrogen-bond donors (Lipinski definition) is 0. The van der Waals surface area contributed by atoms with Gasteiger partial charge in [0.15, 0.2) is 0 Å². The Bertz CT molecular complexity index is 498. The fraction of sp³-hybridized carbons (Fsp3) is 0.462. The average Bonchev–Trinajstić information content (AvgIpc) is 3.03. The third-order valence-electron chi connectivity index (χ3n) is 3.75. The molecule has 1 atom stereocenters. The van der Waals surface area contributed by atoms with Crippen LogP contribution in [0.1, 0.15) is 35.7 Å². The minimum Gasteiger partial charge on any atom is -0.331 e. The lowest BCUT2D eigenvalue weighted by atomic mass is 10.1. The van der Waals surface area contributed by atoms with Crippen molar-refractivity contribution in [2.24, 2.45) is 5.92 Å². The smallest absolute Gasteiger partial charge is 0.257 e. The van der Waals surface area contributed by atoms with Gasteiger partial charge in [0, 0.05) is 17.1 Å². The number of carbonyl (C=O) groups is 1. The first-order valence-electron chi connectivity index (χ1n) is 5.87. The van der Waals surface area contributed by atoms with E-state index in [1.807, 2.05) is 6.07 Å². The van der Waals surface area contributed by atoms with Gasteiger partial charge < -0.3 is 4.90 Å². The molecule has 1 unspecified atom stereocenters. The molecule has 2 aliphatic rings. The van der Waals surface area contributed by atoms with Crippen LogP contribution >= 0.6 is 15.9 Å². The van der Waals surface area contributed by atoms with E-state index >= 15 is 0 Å². The van der Waals surface area contributed by atoms with Gasteiger partial charge in [0.25, 0.3) is 5.91 Å². The highest BCUT2D eigenvalue weighted by atomic mass is 79.9. The third kappa shape index (κ3) is 1.79. The SMILES string of the molecule is CC(C1CC1)N1Cc2cc(Br)cc(F)c2C1=O. The van der Waals surface area contributed by atoms with Crippen LogP contribution in [0.4, 0.5) is 4.39 Å². The van der Waals surface area contributed by atoms with Gasteiger partial charge in [0.1, 0.15) is 5.82 Å². The van der Waals surface area contributed by atoms with E-state index in [1.165, 1.54) is 18.9 Å². The topological polar surface area (TPSA) is 20.3 Å². The molecule has 0 spiro atoms. The van der Waals surface area contributed by atoms with Crippen molar-refractivity contribution in [2.75, 3.05) is 0 Å². The van der Waals surface area contributed by atoms with E-state index in [4.69, 9.17) is 0 Å². The van der Waals surface area contributed by atoms with Crippen molar-refractivity contribution in [3.8, 4) is 0 Å². The standard InChI is InChI=1S/C13H13BrFNO/c1-7(8-2-3-8)16-6-9-4-10(14)5-11(15)12(9)13(16)17/h4-5,7-8H,2-3,6H2,1H3. The quantitative estimate of drug-likeness (QED) is 0.820. The molecule has 0 saturated heterocycles. The summed E-state index contributed by atoms with van der Waals surface area (Å²) in [6.45, 7) is 2.61. The van der Waals surface area contributed by atoms with Crippen LogP contribution in [0, 0.1) is 11.7 Å². The fourth-order valence-electron chi connectivity index (χ4n) is 2.55. The molecule has 1 aliphatic heterocycles. The molecular weight excluding hydrogens is 285 g/mol. The fourth-order valence-corrected chi connectivity index (χ4v) is 3.03. The molecule has 1 fully saturated rings. The van der Waals surface area contributed by atoms with Crippen LogP contribution in [0.2, 0.25) is 0 Å². The van der Waals surface area contributed by atoms with Crippen LogP contribution in [0.15, 0.2) is 16.6 Å². The number of fused-ring (bicyclic) bond motifs is 1. The molecule has 3 rings (SSSR count). The lowest BCUT2D eigenvalue weighted by Crippen LogP contribution is -2.34. The van der Waals surface area contributed by atoms with Gasteiger partial charge in [0.2, 0.25) is 0 Å². The molecule has 4 heteroatoms. The summed E-state index contributed by atoms with van der Waals surface area (Å²) >= 11 is 3.26. The average molecular weight is 298 g/mol. The summed E-state index contributed by atoms with van der Waals surface area (Å²) in [6, 6.07) is 3.44. The van der Waals surface area contributed by atoms with Gasteiger partial charge in [-0.15, -0.1) is 0 Å². The predicted octanol–water partition coefficient (Wildman–Crippen LogP) is 3.34. The minimum absolute atomic E-state index is 0.149. The molecule has 0 aromatic heterocycles. The van der Waals surface area contributed by atoms with E-state index in [9.17, 15) is 9.18 Å². The normalized spacial score (nSPS) is 20.6. The molecule has 1 aliphatic carbocycles. The first kappa shape index (κ1) is 11.2. The Hall–Kier alpha value is -0.900. The molecule has 1 heterocycles. The summed E-state index contributed by atoms with van der Waals surface area (Å²) in [7, 11) is 0. The second-order valence-corrected chi connectivity index (χ2v) is 5.85. The highest BCUT2D eigenvalue weighted by Gasteiger charge is 2.39. The van der Waals surface area contributed by atoms with Crippen LogP contribution < -0.4 is 0 Å². The van der Waals surface area contributed by atoms with Crippen LogP contribution in [0.3, 0.4) is 0 Å². The number of carbonyl (C=O) groups excluding carboxylic acids is 1. The zero-order valence-electron chi connectivity index (χ0n) is 9.54. The summed E-state index contributed by atoms with van der Waals surface area (Å²) < 4.78 is 14.5. The summed E-state index contributed by atoms with van der Waals surface area (Å²) in [5.74, 6) is 0.0500. The van der Waals surface area contributed by atoms with E-state index in [0.29, 0.717) is 16.9 Å². The van der Waals surface area contributed by atoms with Gasteiger partial charge in [-0.25, -0.2) is 4.39 Å². The van der Waals surface area contributed by atoms with E-state index in [0.717, 1.165) is 5.56 Å². The summed E-state index contributed by atoms with van der Waals surface area (Å²) in [6.07, 6.45) is 2.38. The molecule has 2 nitrogen and oxygen atoms in total. The van der Waals surface area contributed by atoms with Crippen LogP contribution in [0.5, 0.6) is 0 Å². The van der Waals surface area contributed by atoms with Crippen molar-refractivity contribution in [2.45, 2.75) is 32.4 Å². The maximum atomic E-state index is 13.8. The van der Waals surface area contributed by atoms with Crippen molar-refractivity contribution in [1.29, 1.82) is 0 Å². The molecule has 90 valence electrons. The van der Waals surface area contributed by atoms with Crippen molar-refractivity contribution in [3.05, 3.63) is 33.5 Å². The lowest BCUT2D eigenvalue weighted by molar-refractivity contribution is 0.0694. The Labute approximate surface area is 108 Å². The predicted molar refractivity (Wildman–Crippen MR) is 66.2 cm³/mol. The minimum atomic E-state index is -0.412. The van der Waals surface area contributed by atoms with E-state index in [1.54, 1.807) is 4.90 Å². The number of hydrogen-bond acceptors (Lipinski definition) is 1. The second kappa shape index (κ2) is 3.80. The molecule has 1 aromatic rings. The molecule has 1 saturated carbocycles. The van der Waals surface area contributed by atoms with Crippen molar-refractivity contribution >= 4 is 21.8 Å². The molecular formula is C13H13BrFNO. The number of rotatable bonds is 2. The largest absolute Gasteiger partial charge is 0.331 e. The van der Waals surface area contributed by atoms with E-state index < -0.39 is 5.82 Å². The first-order valence-corrected chi connectivity index (χ1v) is 6.66. The van der Waals surface area contributed by atoms with Crippen molar-refractivity contribution in [3.63, 3.8) is 0 Å². The maximum absolute atomic E-state index is 13.8. The number of nitrogens with zero attached hydrogens (tertiary/aromatic N) is 1. The lowest BCUT2D eigenvalue weighted by Gasteiger charge is -2.23. The molecule has 1 aromatic carbocycles. The molecule has 0 bridgehead atoms. The maximum Gasteiger partial charge on any atom is 0.257 e. The number of amides is 1. The zero-order chi connectivity index (χ0) is 12.2. The highest BCUT2D eigenvalue weighted by Crippen LogP contribution is 2.39. The molecule has 17 heavy (non-hydrogen) atoms. The summed E-state index contributed by atoms with van der Waals surface area (Å²) in [5.41, 5.74) is 1.06. The number of benzene rings is 1. The Morgan fingerprint density at radius 2 is 2.18 bits per heavy atom. The summed E-state index contributed by atoms with van der Waals surface area (Å²) in [4.78, 5) is 14.0. The number of halogens is 2. The van der Waals surface area contributed by atoms with Gasteiger partial charge in [-0.1, -0.05) is 15.9 Å². The van der Waals surface area contributed by atoms with Gasteiger partial charge >= 0.3 is 0 Å². The third-order valence-corrected chi connectivity index (χ3v) is 4.21. The van der Waals surface area contributed by atoms with Crippen molar-refractivity contribution in [1.82, 2.24) is 4.90 Å². The highest BCUT2D eigenvalue weighted by molar-refractivity contribution is 9.10. The summed E-state index contributed by atoms with van der Waals surface area (Å²) in [5, 5.41) is 0. The van der Waals surface area contributed by atoms with Crippen LogP contribution in [-0.4, -0.2) is 16.8 Å². The monoisotopic (exact) mass is 297 g/mol. The Morgan fingerprint density at radius 3 is 2.82 bits per heavy atom. The van der Waals surface area contributed by atoms with Crippen molar-refractivity contribution < 1.29 is 9.18 Å². The van der Waals surface area contributed by atoms with Gasteiger partial charge in [-0.05, 0) is 43.4 Å².